The highest BCUT2D eigenvalue weighted by Crippen LogP contribution is 2.32. The van der Waals surface area contributed by atoms with Crippen molar-refractivity contribution in [2.24, 2.45) is 11.1 Å². The van der Waals surface area contributed by atoms with Crippen molar-refractivity contribution in [3.05, 3.63) is 23.9 Å². The van der Waals surface area contributed by atoms with E-state index < -0.39 is 0 Å². The smallest absolute Gasteiger partial charge is 0.131 e. The van der Waals surface area contributed by atoms with Gasteiger partial charge in [0.05, 0.1) is 0 Å². The van der Waals surface area contributed by atoms with Gasteiger partial charge in [-0.15, -0.1) is 0 Å². The van der Waals surface area contributed by atoms with E-state index in [0.717, 1.165) is 25.3 Å². The molecule has 1 fully saturated rings. The number of piperidine rings is 1. The quantitative estimate of drug-likeness (QED) is 0.892. The molecule has 100 valence electrons. The number of nitrogens with two attached hydrogens (primary N) is 1. The van der Waals surface area contributed by atoms with Crippen LogP contribution in [-0.2, 0) is 6.42 Å². The summed E-state index contributed by atoms with van der Waals surface area (Å²) in [6.45, 7) is 8.94. The summed E-state index contributed by atoms with van der Waals surface area (Å²) in [7, 11) is 0. The van der Waals surface area contributed by atoms with E-state index in [0.29, 0.717) is 5.41 Å². The number of nitrogens with zero attached hydrogens (tertiary/aromatic N) is 2. The Balaban J connectivity index is 2.21. The van der Waals surface area contributed by atoms with Crippen LogP contribution in [0.3, 0.4) is 0 Å². The molecule has 18 heavy (non-hydrogen) atoms. The van der Waals surface area contributed by atoms with E-state index in [1.165, 1.54) is 18.4 Å². The van der Waals surface area contributed by atoms with Gasteiger partial charge in [0.2, 0.25) is 0 Å². The average Bonchev–Trinajstić information content (AvgIpc) is 2.27. The molecule has 0 radical (unpaired) electrons. The monoisotopic (exact) mass is 247 g/mol. The molecule has 0 spiro atoms. The van der Waals surface area contributed by atoms with E-state index in [1.807, 2.05) is 12.3 Å². The maximum Gasteiger partial charge on any atom is 0.131 e. The van der Waals surface area contributed by atoms with E-state index in [4.69, 9.17) is 5.73 Å². The fourth-order valence-corrected chi connectivity index (χ4v) is 2.83. The molecule has 0 saturated carbocycles. The van der Waals surface area contributed by atoms with Gasteiger partial charge in [0.25, 0.3) is 0 Å². The average molecular weight is 247 g/mol. The van der Waals surface area contributed by atoms with E-state index >= 15 is 0 Å². The molecular formula is C15H25N3. The second kappa shape index (κ2) is 5.27. The Morgan fingerprint density at radius 2 is 2.28 bits per heavy atom. The third kappa shape index (κ3) is 3.22. The molecule has 1 aromatic rings. The molecule has 3 nitrogen and oxygen atoms in total. The van der Waals surface area contributed by atoms with Gasteiger partial charge in [-0.1, -0.05) is 19.9 Å². The van der Waals surface area contributed by atoms with Crippen molar-refractivity contribution in [3.63, 3.8) is 0 Å². The first-order valence-electron chi connectivity index (χ1n) is 6.92. The van der Waals surface area contributed by atoms with Gasteiger partial charge in [-0.3, -0.25) is 0 Å². The van der Waals surface area contributed by atoms with Crippen LogP contribution in [0.4, 0.5) is 5.82 Å². The summed E-state index contributed by atoms with van der Waals surface area (Å²) in [4.78, 5) is 7.02. The summed E-state index contributed by atoms with van der Waals surface area (Å²) < 4.78 is 0. The third-order valence-electron chi connectivity index (χ3n) is 3.61. The zero-order chi connectivity index (χ0) is 13.2. The topological polar surface area (TPSA) is 42.1 Å². The minimum absolute atomic E-state index is 0.186. The summed E-state index contributed by atoms with van der Waals surface area (Å²) in [5.41, 5.74) is 7.60. The van der Waals surface area contributed by atoms with Gasteiger partial charge >= 0.3 is 0 Å². The summed E-state index contributed by atoms with van der Waals surface area (Å²) in [5.74, 6) is 1.14. The third-order valence-corrected chi connectivity index (χ3v) is 3.61. The van der Waals surface area contributed by atoms with Gasteiger partial charge in [-0.25, -0.2) is 4.98 Å². The molecule has 1 saturated heterocycles. The molecular weight excluding hydrogens is 222 g/mol. The van der Waals surface area contributed by atoms with E-state index in [9.17, 15) is 0 Å². The van der Waals surface area contributed by atoms with Crippen LogP contribution in [0.15, 0.2) is 18.3 Å². The predicted molar refractivity (Wildman–Crippen MR) is 76.8 cm³/mol. The maximum absolute atomic E-state index is 5.93. The number of anilines is 1. The molecule has 1 unspecified atom stereocenters. The first kappa shape index (κ1) is 13.3. The lowest BCUT2D eigenvalue weighted by atomic mass is 9.84. The number of pyridine rings is 1. The SMILES string of the molecule is CC(N)Cc1cccnc1N1CCCC(C)(C)C1. The Hall–Kier alpha value is -1.09. The Labute approximate surface area is 110 Å². The fourth-order valence-electron chi connectivity index (χ4n) is 2.83. The standard InChI is InChI=1S/C15H25N3/c1-12(16)10-13-6-4-8-17-14(13)18-9-5-7-15(2,3)11-18/h4,6,8,12H,5,7,9-11,16H2,1-3H3. The van der Waals surface area contributed by atoms with Crippen molar-refractivity contribution in [2.75, 3.05) is 18.0 Å². The van der Waals surface area contributed by atoms with Gasteiger partial charge in [-0.2, -0.15) is 0 Å². The Bertz CT molecular complexity index is 398. The van der Waals surface area contributed by atoms with Crippen LogP contribution >= 0.6 is 0 Å². The highest BCUT2D eigenvalue weighted by Gasteiger charge is 2.28. The molecule has 2 heterocycles. The predicted octanol–water partition coefficient (Wildman–Crippen LogP) is 2.60. The molecule has 1 aliphatic rings. The lowest BCUT2D eigenvalue weighted by molar-refractivity contribution is 0.291. The normalized spacial score (nSPS) is 20.8. The minimum atomic E-state index is 0.186. The highest BCUT2D eigenvalue weighted by atomic mass is 15.2. The Kier molecular flexibility index (Phi) is 3.91. The summed E-state index contributed by atoms with van der Waals surface area (Å²) in [6.07, 6.45) is 5.35. The molecule has 2 N–H and O–H groups in total. The summed E-state index contributed by atoms with van der Waals surface area (Å²) in [6, 6.07) is 4.36. The van der Waals surface area contributed by atoms with Crippen LogP contribution in [0.25, 0.3) is 0 Å². The molecule has 0 aromatic carbocycles. The molecule has 1 aromatic heterocycles. The molecule has 0 bridgehead atoms. The van der Waals surface area contributed by atoms with Crippen molar-refractivity contribution in [2.45, 2.75) is 46.1 Å². The Morgan fingerprint density at radius 1 is 1.50 bits per heavy atom. The Morgan fingerprint density at radius 3 is 2.94 bits per heavy atom. The largest absolute Gasteiger partial charge is 0.356 e. The van der Waals surface area contributed by atoms with Gasteiger partial charge in [0, 0.05) is 25.3 Å². The lowest BCUT2D eigenvalue weighted by Gasteiger charge is -2.39. The molecule has 1 atom stereocenters. The second-order valence-electron chi connectivity index (χ2n) is 6.36. The number of hydrogen-bond donors (Lipinski definition) is 1. The number of hydrogen-bond acceptors (Lipinski definition) is 3. The summed E-state index contributed by atoms with van der Waals surface area (Å²) in [5, 5.41) is 0. The van der Waals surface area contributed by atoms with Gasteiger partial charge in [-0.05, 0) is 43.2 Å². The van der Waals surface area contributed by atoms with Gasteiger partial charge in [0.15, 0.2) is 0 Å². The second-order valence-corrected chi connectivity index (χ2v) is 6.36. The van der Waals surface area contributed by atoms with Crippen LogP contribution in [0, 0.1) is 5.41 Å². The highest BCUT2D eigenvalue weighted by molar-refractivity contribution is 5.47. The van der Waals surface area contributed by atoms with Crippen LogP contribution in [0.2, 0.25) is 0 Å². The van der Waals surface area contributed by atoms with Crippen molar-refractivity contribution in [3.8, 4) is 0 Å². The van der Waals surface area contributed by atoms with Crippen molar-refractivity contribution in [1.29, 1.82) is 0 Å². The molecule has 0 amide bonds. The van der Waals surface area contributed by atoms with Gasteiger partial charge < -0.3 is 10.6 Å². The fraction of sp³-hybridized carbons (Fsp3) is 0.667. The van der Waals surface area contributed by atoms with Crippen molar-refractivity contribution >= 4 is 5.82 Å². The van der Waals surface area contributed by atoms with Crippen LogP contribution < -0.4 is 10.6 Å². The van der Waals surface area contributed by atoms with Crippen LogP contribution in [-0.4, -0.2) is 24.1 Å². The summed E-state index contributed by atoms with van der Waals surface area (Å²) >= 11 is 0. The zero-order valence-electron chi connectivity index (χ0n) is 11.8. The molecule has 2 rings (SSSR count). The van der Waals surface area contributed by atoms with E-state index in [1.54, 1.807) is 0 Å². The number of rotatable bonds is 3. The first-order valence-corrected chi connectivity index (χ1v) is 6.92. The molecule has 3 heteroatoms. The van der Waals surface area contributed by atoms with Crippen LogP contribution in [0.1, 0.15) is 39.2 Å². The van der Waals surface area contributed by atoms with Crippen molar-refractivity contribution in [1.82, 2.24) is 4.98 Å². The molecule has 1 aliphatic heterocycles. The van der Waals surface area contributed by atoms with Crippen LogP contribution in [0.5, 0.6) is 0 Å². The van der Waals surface area contributed by atoms with Gasteiger partial charge in [0.1, 0.15) is 5.82 Å². The van der Waals surface area contributed by atoms with Crippen molar-refractivity contribution < 1.29 is 0 Å². The van der Waals surface area contributed by atoms with E-state index in [-0.39, 0.29) is 6.04 Å². The first-order chi connectivity index (χ1) is 8.48. The lowest BCUT2D eigenvalue weighted by Crippen LogP contribution is -2.41. The minimum Gasteiger partial charge on any atom is -0.356 e. The maximum atomic E-state index is 5.93. The van der Waals surface area contributed by atoms with E-state index in [2.05, 4.69) is 36.7 Å². The number of aromatic nitrogens is 1. The molecule has 0 aliphatic carbocycles. The zero-order valence-corrected chi connectivity index (χ0v) is 11.8.